The van der Waals surface area contributed by atoms with E-state index in [-0.39, 0.29) is 24.0 Å². The Kier molecular flexibility index (Phi) is 7.64. The van der Waals surface area contributed by atoms with Crippen molar-refractivity contribution in [2.24, 2.45) is 12.0 Å². The minimum atomic E-state index is 0. The Bertz CT molecular complexity index is 910. The van der Waals surface area contributed by atoms with Crippen LogP contribution in [0.2, 0.25) is 0 Å². The summed E-state index contributed by atoms with van der Waals surface area (Å²) < 4.78 is 4.10. The molecule has 1 aromatic carbocycles. The van der Waals surface area contributed by atoms with Crippen molar-refractivity contribution in [3.8, 4) is 0 Å². The number of rotatable bonds is 6. The molecule has 0 bridgehead atoms. The van der Waals surface area contributed by atoms with Gasteiger partial charge in [0.05, 0.1) is 23.1 Å². The monoisotopic (exact) mass is 481 g/mol. The molecular formula is C19H28IN7. The van der Waals surface area contributed by atoms with E-state index >= 15 is 0 Å². The molecule has 27 heavy (non-hydrogen) atoms. The van der Waals surface area contributed by atoms with E-state index in [0.717, 1.165) is 43.2 Å². The maximum atomic E-state index is 4.45. The third kappa shape index (κ3) is 5.00. The summed E-state index contributed by atoms with van der Waals surface area (Å²) in [6.45, 7) is 6.61. The van der Waals surface area contributed by atoms with E-state index in [2.05, 4.69) is 43.3 Å². The Morgan fingerprint density at radius 2 is 1.96 bits per heavy atom. The summed E-state index contributed by atoms with van der Waals surface area (Å²) in [5.74, 6) is 0.808. The zero-order valence-electron chi connectivity index (χ0n) is 16.4. The quantitative estimate of drug-likeness (QED) is 0.246. The highest BCUT2D eigenvalue weighted by Crippen LogP contribution is 2.12. The summed E-state index contributed by atoms with van der Waals surface area (Å²) in [4.78, 5) is 8.73. The van der Waals surface area contributed by atoms with E-state index in [0.29, 0.717) is 0 Å². The SMILES string of the molecule is CN=C(NCCCn1cnc2ccccc21)NCc1c(C)nn(C)c1C.I. The fraction of sp³-hybridized carbons (Fsp3) is 0.421. The summed E-state index contributed by atoms with van der Waals surface area (Å²) in [5.41, 5.74) is 5.68. The van der Waals surface area contributed by atoms with Crippen LogP contribution in [-0.4, -0.2) is 38.9 Å². The van der Waals surface area contributed by atoms with Gasteiger partial charge in [-0.2, -0.15) is 5.10 Å². The number of aromatic nitrogens is 4. The summed E-state index contributed by atoms with van der Waals surface area (Å²) in [7, 11) is 3.76. The lowest BCUT2D eigenvalue weighted by Gasteiger charge is -2.12. The van der Waals surface area contributed by atoms with E-state index in [1.54, 1.807) is 7.05 Å². The summed E-state index contributed by atoms with van der Waals surface area (Å²) in [5, 5.41) is 11.2. The highest BCUT2D eigenvalue weighted by atomic mass is 127. The van der Waals surface area contributed by atoms with Gasteiger partial charge in [-0.05, 0) is 32.4 Å². The molecule has 2 heterocycles. The van der Waals surface area contributed by atoms with Crippen LogP contribution in [-0.2, 0) is 20.1 Å². The fourth-order valence-electron chi connectivity index (χ4n) is 3.11. The zero-order chi connectivity index (χ0) is 18.5. The maximum Gasteiger partial charge on any atom is 0.191 e. The number of nitrogens with zero attached hydrogens (tertiary/aromatic N) is 5. The van der Waals surface area contributed by atoms with Gasteiger partial charge < -0.3 is 15.2 Å². The van der Waals surface area contributed by atoms with Crippen LogP contribution in [0.3, 0.4) is 0 Å². The Morgan fingerprint density at radius 1 is 1.19 bits per heavy atom. The number of halogens is 1. The molecule has 0 aliphatic heterocycles. The Labute approximate surface area is 177 Å². The molecule has 0 atom stereocenters. The van der Waals surface area contributed by atoms with Crippen molar-refractivity contribution in [3.63, 3.8) is 0 Å². The third-order valence-corrected chi connectivity index (χ3v) is 4.71. The van der Waals surface area contributed by atoms with Gasteiger partial charge in [0.25, 0.3) is 0 Å². The van der Waals surface area contributed by atoms with Gasteiger partial charge in [0.15, 0.2) is 5.96 Å². The van der Waals surface area contributed by atoms with Crippen molar-refractivity contribution < 1.29 is 0 Å². The Balaban J connectivity index is 0.00000261. The lowest BCUT2D eigenvalue weighted by atomic mass is 10.2. The van der Waals surface area contributed by atoms with Crippen LogP contribution in [0.25, 0.3) is 11.0 Å². The summed E-state index contributed by atoms with van der Waals surface area (Å²) in [6.07, 6.45) is 2.90. The summed E-state index contributed by atoms with van der Waals surface area (Å²) in [6, 6.07) is 8.21. The van der Waals surface area contributed by atoms with Gasteiger partial charge >= 0.3 is 0 Å². The topological polar surface area (TPSA) is 72.1 Å². The Morgan fingerprint density at radius 3 is 2.67 bits per heavy atom. The number of hydrogen-bond donors (Lipinski definition) is 2. The van der Waals surface area contributed by atoms with E-state index in [1.807, 2.05) is 43.2 Å². The van der Waals surface area contributed by atoms with E-state index < -0.39 is 0 Å². The molecule has 3 aromatic rings. The zero-order valence-corrected chi connectivity index (χ0v) is 18.7. The predicted molar refractivity (Wildman–Crippen MR) is 121 cm³/mol. The molecule has 0 saturated heterocycles. The lowest BCUT2D eigenvalue weighted by Crippen LogP contribution is -2.37. The largest absolute Gasteiger partial charge is 0.356 e. The van der Waals surface area contributed by atoms with Crippen LogP contribution in [0.4, 0.5) is 0 Å². The first-order chi connectivity index (χ1) is 12.6. The highest BCUT2D eigenvalue weighted by molar-refractivity contribution is 14.0. The normalized spacial score (nSPS) is 11.5. The number of para-hydroxylation sites is 2. The van der Waals surface area contributed by atoms with Crippen LogP contribution in [0.1, 0.15) is 23.4 Å². The van der Waals surface area contributed by atoms with Gasteiger partial charge in [-0.15, -0.1) is 24.0 Å². The van der Waals surface area contributed by atoms with Crippen molar-refractivity contribution in [3.05, 3.63) is 47.5 Å². The molecule has 146 valence electrons. The van der Waals surface area contributed by atoms with Gasteiger partial charge in [0, 0.05) is 45.0 Å². The molecular weight excluding hydrogens is 453 g/mol. The fourth-order valence-corrected chi connectivity index (χ4v) is 3.11. The molecule has 0 unspecified atom stereocenters. The molecule has 0 aliphatic carbocycles. The number of aliphatic imine (C=N–C) groups is 1. The smallest absolute Gasteiger partial charge is 0.191 e. The molecule has 0 aliphatic rings. The van der Waals surface area contributed by atoms with E-state index in [9.17, 15) is 0 Å². The van der Waals surface area contributed by atoms with E-state index in [4.69, 9.17) is 0 Å². The predicted octanol–water partition coefficient (Wildman–Crippen LogP) is 2.76. The van der Waals surface area contributed by atoms with Crippen LogP contribution in [0.5, 0.6) is 0 Å². The second-order valence-corrected chi connectivity index (χ2v) is 6.41. The molecule has 0 fully saturated rings. The number of fused-ring (bicyclic) bond motifs is 1. The average molecular weight is 481 g/mol. The maximum absolute atomic E-state index is 4.45. The molecule has 3 rings (SSSR count). The summed E-state index contributed by atoms with van der Waals surface area (Å²) >= 11 is 0. The van der Waals surface area contributed by atoms with Gasteiger partial charge in [-0.25, -0.2) is 4.98 Å². The second kappa shape index (κ2) is 9.72. The van der Waals surface area contributed by atoms with Crippen molar-refractivity contribution >= 4 is 41.0 Å². The third-order valence-electron chi connectivity index (χ3n) is 4.71. The number of benzene rings is 1. The first-order valence-electron chi connectivity index (χ1n) is 8.93. The molecule has 0 amide bonds. The van der Waals surface area contributed by atoms with Crippen molar-refractivity contribution in [2.45, 2.75) is 33.4 Å². The lowest BCUT2D eigenvalue weighted by molar-refractivity contribution is 0.636. The van der Waals surface area contributed by atoms with Crippen molar-refractivity contribution in [1.82, 2.24) is 30.0 Å². The number of aryl methyl sites for hydroxylation is 3. The van der Waals surface area contributed by atoms with Gasteiger partial charge in [0.2, 0.25) is 0 Å². The second-order valence-electron chi connectivity index (χ2n) is 6.41. The number of imidazole rings is 1. The van der Waals surface area contributed by atoms with Crippen LogP contribution in [0, 0.1) is 13.8 Å². The number of guanidine groups is 1. The molecule has 2 N–H and O–H groups in total. The molecule has 0 spiro atoms. The van der Waals surface area contributed by atoms with Crippen LogP contribution < -0.4 is 10.6 Å². The first-order valence-corrected chi connectivity index (χ1v) is 8.93. The standard InChI is InChI=1S/C19H27N7.HI/c1-14-16(15(2)25(4)24-14)12-22-19(20-3)21-10-7-11-26-13-23-17-8-5-6-9-18(17)26;/h5-6,8-9,13H,7,10-12H2,1-4H3,(H2,20,21,22);1H. The molecule has 0 radical (unpaired) electrons. The van der Waals surface area contributed by atoms with Gasteiger partial charge in [-0.1, -0.05) is 12.1 Å². The van der Waals surface area contributed by atoms with Crippen molar-refractivity contribution in [1.29, 1.82) is 0 Å². The van der Waals surface area contributed by atoms with Crippen LogP contribution in [0.15, 0.2) is 35.6 Å². The molecule has 8 heteroatoms. The van der Waals surface area contributed by atoms with E-state index in [1.165, 1.54) is 16.8 Å². The highest BCUT2D eigenvalue weighted by Gasteiger charge is 2.09. The molecule has 7 nitrogen and oxygen atoms in total. The Hall–Kier alpha value is -2.10. The van der Waals surface area contributed by atoms with Crippen molar-refractivity contribution in [2.75, 3.05) is 13.6 Å². The number of nitrogens with one attached hydrogen (secondary N) is 2. The number of hydrogen-bond acceptors (Lipinski definition) is 3. The van der Waals surface area contributed by atoms with Crippen LogP contribution >= 0.6 is 24.0 Å². The average Bonchev–Trinajstić information content (AvgIpc) is 3.16. The minimum absolute atomic E-state index is 0. The van der Waals surface area contributed by atoms with Gasteiger partial charge in [-0.3, -0.25) is 9.67 Å². The molecule has 2 aromatic heterocycles. The minimum Gasteiger partial charge on any atom is -0.356 e. The molecule has 0 saturated carbocycles. The first kappa shape index (κ1) is 21.2. The van der Waals surface area contributed by atoms with Gasteiger partial charge in [0.1, 0.15) is 0 Å².